The van der Waals surface area contributed by atoms with E-state index in [-0.39, 0.29) is 33.0 Å². The molecule has 0 amide bonds. The molecular weight excluding hydrogens is 644 g/mol. The van der Waals surface area contributed by atoms with Crippen molar-refractivity contribution in [2.75, 3.05) is 0 Å². The van der Waals surface area contributed by atoms with Crippen LogP contribution >= 0.6 is 0 Å². The summed E-state index contributed by atoms with van der Waals surface area (Å²) in [7, 11) is 0. The summed E-state index contributed by atoms with van der Waals surface area (Å²) >= 11 is 0. The second-order valence-corrected chi connectivity index (χ2v) is 11.2. The summed E-state index contributed by atoms with van der Waals surface area (Å²) in [6.45, 7) is 3.38. The van der Waals surface area contributed by atoms with Gasteiger partial charge in [0.15, 0.2) is 0 Å². The number of esters is 2. The Labute approximate surface area is 273 Å². The van der Waals surface area contributed by atoms with Gasteiger partial charge in [0, 0.05) is 5.41 Å². The molecule has 1 aliphatic rings. The van der Waals surface area contributed by atoms with E-state index in [1.54, 1.807) is 38.1 Å². The van der Waals surface area contributed by atoms with E-state index in [1.807, 2.05) is 0 Å². The number of cyclic esters (lactones) is 2. The molecule has 0 radical (unpaired) electrons. The number of hydrogen-bond acceptors (Lipinski definition) is 10. The Morgan fingerprint density at radius 2 is 0.898 bits per heavy atom. The van der Waals surface area contributed by atoms with Crippen molar-refractivity contribution in [1.82, 2.24) is 0 Å². The largest absolute Gasteiger partial charge is 0.478 e. The van der Waals surface area contributed by atoms with Gasteiger partial charge >= 0.3 is 47.1 Å². The fourth-order valence-corrected chi connectivity index (χ4v) is 5.47. The maximum atomic E-state index is 12.2. The van der Waals surface area contributed by atoms with E-state index in [0.29, 0.717) is 21.9 Å². The molecule has 5 aromatic rings. The quantitative estimate of drug-likeness (QED) is 0.145. The summed E-state index contributed by atoms with van der Waals surface area (Å²) in [4.78, 5) is 93.8. The Balaban J connectivity index is 0.000000194. The first-order valence-corrected chi connectivity index (χ1v) is 14.1. The van der Waals surface area contributed by atoms with Crippen molar-refractivity contribution in [3.8, 4) is 0 Å². The molecule has 1 aromatic heterocycles. The van der Waals surface area contributed by atoms with E-state index in [9.17, 15) is 48.6 Å². The molecule has 0 saturated heterocycles. The van der Waals surface area contributed by atoms with Crippen molar-refractivity contribution in [3.05, 3.63) is 138 Å². The number of carboxylic acid groups (broad SMARTS) is 4. The Morgan fingerprint density at radius 3 is 1.24 bits per heavy atom. The third-order valence-electron chi connectivity index (χ3n) is 8.04. The molecule has 4 N–H and O–H groups in total. The molecule has 0 saturated carbocycles. The van der Waals surface area contributed by atoms with Crippen LogP contribution in [0.1, 0.15) is 87.1 Å². The van der Waals surface area contributed by atoms with E-state index in [2.05, 4.69) is 0 Å². The van der Waals surface area contributed by atoms with Crippen LogP contribution in [0.2, 0.25) is 0 Å². The van der Waals surface area contributed by atoms with Crippen molar-refractivity contribution < 1.29 is 58.3 Å². The third kappa shape index (κ3) is 5.89. The molecule has 0 aliphatic carbocycles. The Kier molecular flexibility index (Phi) is 8.41. The first-order valence-electron chi connectivity index (χ1n) is 14.1. The van der Waals surface area contributed by atoms with Crippen molar-refractivity contribution in [2.24, 2.45) is 0 Å². The summed E-state index contributed by atoms with van der Waals surface area (Å²) in [5.41, 5.74) is -3.67. The molecule has 0 fully saturated rings. The molecule has 0 spiro atoms. The van der Waals surface area contributed by atoms with Crippen LogP contribution in [0.5, 0.6) is 0 Å². The first-order chi connectivity index (χ1) is 23.0. The van der Waals surface area contributed by atoms with Gasteiger partial charge < -0.3 is 29.6 Å². The molecule has 14 heteroatoms. The van der Waals surface area contributed by atoms with Gasteiger partial charge in [-0.2, -0.15) is 0 Å². The van der Waals surface area contributed by atoms with Gasteiger partial charge in [0.2, 0.25) is 0 Å². The third-order valence-corrected chi connectivity index (χ3v) is 8.04. The number of hydrogen-bond donors (Lipinski definition) is 4. The molecule has 0 unspecified atom stereocenters. The topological polar surface area (TPSA) is 240 Å². The monoisotopic (exact) mass is 666 g/mol. The van der Waals surface area contributed by atoms with Crippen LogP contribution < -0.4 is 11.3 Å². The van der Waals surface area contributed by atoms with Gasteiger partial charge in [0.05, 0.1) is 44.2 Å². The molecule has 1 aliphatic heterocycles. The fourth-order valence-electron chi connectivity index (χ4n) is 5.47. The summed E-state index contributed by atoms with van der Waals surface area (Å²) in [6, 6.07) is 16.6. The van der Waals surface area contributed by atoms with Gasteiger partial charge in [-0.1, -0.05) is 50.2 Å². The highest BCUT2D eigenvalue weighted by Crippen LogP contribution is 2.34. The van der Waals surface area contributed by atoms with E-state index in [1.165, 1.54) is 48.5 Å². The predicted molar refractivity (Wildman–Crippen MR) is 169 cm³/mol. The Morgan fingerprint density at radius 1 is 0.531 bits per heavy atom. The lowest BCUT2D eigenvalue weighted by Crippen LogP contribution is -2.22. The molecule has 6 rings (SSSR count). The molecule has 6 bridgehead atoms. The Bertz CT molecular complexity index is 2270. The van der Waals surface area contributed by atoms with E-state index in [0.717, 1.165) is 0 Å². The number of carboxylic acids is 4. The highest BCUT2D eigenvalue weighted by molar-refractivity contribution is 6.20. The van der Waals surface area contributed by atoms with Crippen LogP contribution in [0, 0.1) is 0 Å². The second kappa shape index (κ2) is 12.3. The maximum Gasteiger partial charge on any atom is 0.347 e. The summed E-state index contributed by atoms with van der Waals surface area (Å²) in [5.74, 6) is -7.48. The lowest BCUT2D eigenvalue weighted by atomic mass is 9.76. The van der Waals surface area contributed by atoms with E-state index < -0.39 is 63.6 Å². The fraction of sp³-hybridized carbons (Fsp3) is 0.0857. The smallest absolute Gasteiger partial charge is 0.347 e. The average molecular weight is 667 g/mol. The van der Waals surface area contributed by atoms with E-state index in [4.69, 9.17) is 19.4 Å². The molecular formula is C35H22O14. The molecule has 4 aromatic carbocycles. The van der Waals surface area contributed by atoms with Gasteiger partial charge in [-0.05, 0) is 58.3 Å². The lowest BCUT2D eigenvalue weighted by Gasteiger charge is -2.27. The van der Waals surface area contributed by atoms with Crippen LogP contribution in [-0.2, 0) is 10.2 Å². The van der Waals surface area contributed by atoms with Crippen molar-refractivity contribution in [1.29, 1.82) is 0 Å². The number of ether oxygens (including phenoxy) is 1. The first kappa shape index (κ1) is 33.4. The normalized spacial score (nSPS) is 12.1. The highest BCUT2D eigenvalue weighted by Gasteiger charge is 2.29. The molecule has 246 valence electrons. The SMILES string of the molecule is CC(C)(c1ccc(C(=O)O)c(C(=O)O)c1)c1ccc(C(=O)O)c(C(=O)O)c1.O=C1OC(=O)c2cccc3c2c(=O)oc(=O)c2c1cccc23. The van der Waals surface area contributed by atoms with Gasteiger partial charge in [-0.25, -0.2) is 38.4 Å². The van der Waals surface area contributed by atoms with Gasteiger partial charge in [0.1, 0.15) is 0 Å². The predicted octanol–water partition coefficient (Wildman–Crippen LogP) is 4.42. The van der Waals surface area contributed by atoms with Crippen LogP contribution in [-0.4, -0.2) is 56.2 Å². The van der Waals surface area contributed by atoms with Crippen LogP contribution in [0.4, 0.5) is 0 Å². The van der Waals surface area contributed by atoms with Crippen molar-refractivity contribution in [2.45, 2.75) is 19.3 Å². The minimum Gasteiger partial charge on any atom is -0.478 e. The molecule has 2 heterocycles. The minimum atomic E-state index is -1.41. The number of benzene rings is 4. The lowest BCUT2D eigenvalue weighted by molar-refractivity contribution is 0.0398. The second-order valence-electron chi connectivity index (χ2n) is 11.2. The number of carbonyl (C=O) groups is 6. The standard InChI is InChI=1S/C19H16O8.C16H6O6/c1-19(2,9-3-5-11(15(20)21)13(7-9)17(24)25)10-4-6-12(16(22)23)14(8-10)18(26)27;17-13-9-5-1-3-7-8-4-2-6-10(14(18)21-13)12(8)16(20)22-15(19)11(7)9/h3-8H,1-2H3,(H,20,21)(H,22,23)(H,24,25)(H,26,27);1-6H. The average Bonchev–Trinajstić information content (AvgIpc) is 3.16. The zero-order valence-electron chi connectivity index (χ0n) is 25.3. The summed E-state index contributed by atoms with van der Waals surface area (Å²) in [6.07, 6.45) is 0. The maximum absolute atomic E-state index is 12.2. The molecule has 14 nitrogen and oxygen atoms in total. The van der Waals surface area contributed by atoms with Crippen molar-refractivity contribution >= 4 is 57.4 Å². The molecule has 0 atom stereocenters. The van der Waals surface area contributed by atoms with Crippen LogP contribution in [0.25, 0.3) is 21.5 Å². The highest BCUT2D eigenvalue weighted by atomic mass is 16.6. The number of aromatic carboxylic acids is 4. The van der Waals surface area contributed by atoms with E-state index >= 15 is 0 Å². The minimum absolute atomic E-state index is 0.0774. The number of rotatable bonds is 6. The van der Waals surface area contributed by atoms with Crippen LogP contribution in [0.3, 0.4) is 0 Å². The summed E-state index contributed by atoms with van der Waals surface area (Å²) in [5, 5.41) is 37.4. The van der Waals surface area contributed by atoms with Crippen LogP contribution in [0.15, 0.2) is 86.8 Å². The number of carbonyl (C=O) groups excluding carboxylic acids is 2. The van der Waals surface area contributed by atoms with Crippen molar-refractivity contribution in [3.63, 3.8) is 0 Å². The zero-order chi connectivity index (χ0) is 35.9. The van der Waals surface area contributed by atoms with Gasteiger partial charge in [-0.3, -0.25) is 0 Å². The molecule has 49 heavy (non-hydrogen) atoms. The summed E-state index contributed by atoms with van der Waals surface area (Å²) < 4.78 is 9.55. The van der Waals surface area contributed by atoms with Gasteiger partial charge in [-0.15, -0.1) is 0 Å². The zero-order valence-corrected chi connectivity index (χ0v) is 25.3. The Hall–Kier alpha value is -6.96. The van der Waals surface area contributed by atoms with Gasteiger partial charge in [0.25, 0.3) is 0 Å².